The van der Waals surface area contributed by atoms with Crippen LogP contribution in [0.5, 0.6) is 5.88 Å². The number of rotatable bonds is 9. The third-order valence-electron chi connectivity index (χ3n) is 3.66. The first-order valence-corrected chi connectivity index (χ1v) is 8.43. The minimum Gasteiger partial charge on any atom is -0.480 e. The van der Waals surface area contributed by atoms with E-state index in [9.17, 15) is 14.4 Å². The molecule has 0 aliphatic carbocycles. The fourth-order valence-corrected chi connectivity index (χ4v) is 2.11. The van der Waals surface area contributed by atoms with Gasteiger partial charge in [-0.25, -0.2) is 4.98 Å². The molecular formula is C19H21N3O6. The summed E-state index contributed by atoms with van der Waals surface area (Å²) in [4.78, 5) is 39.2. The molecule has 2 aromatic rings. The van der Waals surface area contributed by atoms with Crippen LogP contribution in [0.3, 0.4) is 0 Å². The first-order chi connectivity index (χ1) is 13.4. The average Bonchev–Trinajstić information content (AvgIpc) is 2.68. The lowest BCUT2D eigenvalue weighted by molar-refractivity contribution is -0.138. The van der Waals surface area contributed by atoms with Crippen LogP contribution in [0.15, 0.2) is 42.6 Å². The fraction of sp³-hybridized carbons (Fsp3) is 0.263. The molecule has 1 aromatic carbocycles. The number of nitrogens with zero attached hydrogens (tertiary/aromatic N) is 1. The molecule has 0 saturated heterocycles. The van der Waals surface area contributed by atoms with Crippen LogP contribution in [0, 0.1) is 0 Å². The number of hydrogen-bond donors (Lipinski definition) is 3. The third kappa shape index (κ3) is 6.06. The van der Waals surface area contributed by atoms with Gasteiger partial charge in [0.2, 0.25) is 5.88 Å². The smallest absolute Gasteiger partial charge is 0.325 e. The second-order valence-corrected chi connectivity index (χ2v) is 5.79. The number of hydrogen-bond acceptors (Lipinski definition) is 6. The van der Waals surface area contributed by atoms with Crippen molar-refractivity contribution in [2.24, 2.45) is 0 Å². The summed E-state index contributed by atoms with van der Waals surface area (Å²) >= 11 is 0. The molecule has 0 radical (unpaired) electrons. The molecule has 1 unspecified atom stereocenters. The number of carboxylic acid groups (broad SMARTS) is 1. The van der Waals surface area contributed by atoms with Crippen LogP contribution in [-0.2, 0) is 9.53 Å². The highest BCUT2D eigenvalue weighted by Crippen LogP contribution is 2.14. The molecule has 3 N–H and O–H groups in total. The molecule has 0 bridgehead atoms. The molecule has 0 saturated carbocycles. The molecule has 0 spiro atoms. The Bertz CT molecular complexity index is 838. The van der Waals surface area contributed by atoms with Crippen LogP contribution < -0.4 is 15.4 Å². The van der Waals surface area contributed by atoms with E-state index >= 15 is 0 Å². The highest BCUT2D eigenvalue weighted by molar-refractivity contribution is 6.04. The van der Waals surface area contributed by atoms with E-state index in [2.05, 4.69) is 15.6 Å². The first-order valence-electron chi connectivity index (χ1n) is 8.43. The van der Waals surface area contributed by atoms with E-state index in [0.29, 0.717) is 30.3 Å². The maximum atomic E-state index is 12.4. The number of methoxy groups -OCH3 is 1. The maximum Gasteiger partial charge on any atom is 0.325 e. The van der Waals surface area contributed by atoms with Gasteiger partial charge in [0.1, 0.15) is 12.6 Å². The van der Waals surface area contributed by atoms with Crippen LogP contribution in [0.25, 0.3) is 0 Å². The number of carboxylic acids is 1. The Hall–Kier alpha value is -3.46. The number of nitrogens with one attached hydrogen (secondary N) is 2. The third-order valence-corrected chi connectivity index (χ3v) is 3.66. The molecule has 1 heterocycles. The summed E-state index contributed by atoms with van der Waals surface area (Å²) in [5.41, 5.74) is 1.12. The van der Waals surface area contributed by atoms with Crippen LogP contribution in [0.4, 0.5) is 5.69 Å². The van der Waals surface area contributed by atoms with Crippen LogP contribution in [0.1, 0.15) is 27.6 Å². The zero-order valence-electron chi connectivity index (χ0n) is 15.5. The molecule has 28 heavy (non-hydrogen) atoms. The van der Waals surface area contributed by atoms with E-state index in [1.54, 1.807) is 25.3 Å². The number of benzene rings is 1. The van der Waals surface area contributed by atoms with E-state index in [0.717, 1.165) is 0 Å². The van der Waals surface area contributed by atoms with Crippen molar-refractivity contribution in [1.29, 1.82) is 0 Å². The number of ether oxygens (including phenoxy) is 2. The zero-order valence-corrected chi connectivity index (χ0v) is 15.5. The Kier molecular flexibility index (Phi) is 7.46. The Morgan fingerprint density at radius 1 is 1.07 bits per heavy atom. The number of aliphatic carboxylic acids is 1. The Labute approximate surface area is 161 Å². The SMILES string of the molecule is COCCOc1cc(C(=O)Nc2ccc(C(=O)NC(C)C(=O)O)cc2)ccn1. The number of pyridine rings is 1. The van der Waals surface area contributed by atoms with E-state index in [-0.39, 0.29) is 11.5 Å². The molecule has 1 atom stereocenters. The van der Waals surface area contributed by atoms with Crippen LogP contribution >= 0.6 is 0 Å². The summed E-state index contributed by atoms with van der Waals surface area (Å²) in [7, 11) is 1.56. The number of aromatic nitrogens is 1. The van der Waals surface area contributed by atoms with Crippen molar-refractivity contribution in [3.63, 3.8) is 0 Å². The van der Waals surface area contributed by atoms with E-state index in [1.807, 2.05) is 0 Å². The molecule has 0 fully saturated rings. The predicted octanol–water partition coefficient (Wildman–Crippen LogP) is 1.56. The van der Waals surface area contributed by atoms with Gasteiger partial charge >= 0.3 is 5.97 Å². The van der Waals surface area contributed by atoms with Gasteiger partial charge in [-0.05, 0) is 37.3 Å². The minimum atomic E-state index is -1.12. The van der Waals surface area contributed by atoms with Crippen molar-refractivity contribution in [1.82, 2.24) is 10.3 Å². The van der Waals surface area contributed by atoms with Crippen molar-refractivity contribution in [3.8, 4) is 5.88 Å². The van der Waals surface area contributed by atoms with E-state index < -0.39 is 17.9 Å². The van der Waals surface area contributed by atoms with Gasteiger partial charge in [-0.3, -0.25) is 14.4 Å². The van der Waals surface area contributed by atoms with Gasteiger partial charge in [0.15, 0.2) is 0 Å². The summed E-state index contributed by atoms with van der Waals surface area (Å²) in [5, 5.41) is 13.9. The van der Waals surface area contributed by atoms with Crippen molar-refractivity contribution in [2.75, 3.05) is 25.6 Å². The average molecular weight is 387 g/mol. The summed E-state index contributed by atoms with van der Waals surface area (Å²) in [6, 6.07) is 8.15. The lowest BCUT2D eigenvalue weighted by Gasteiger charge is -2.10. The van der Waals surface area contributed by atoms with Gasteiger partial charge in [0, 0.05) is 36.2 Å². The van der Waals surface area contributed by atoms with E-state index in [4.69, 9.17) is 14.6 Å². The molecule has 9 nitrogen and oxygen atoms in total. The number of anilines is 1. The Morgan fingerprint density at radius 2 is 1.79 bits per heavy atom. The zero-order chi connectivity index (χ0) is 20.5. The van der Waals surface area contributed by atoms with E-state index in [1.165, 1.54) is 31.3 Å². The normalized spacial score (nSPS) is 11.4. The highest BCUT2D eigenvalue weighted by Gasteiger charge is 2.15. The fourth-order valence-electron chi connectivity index (χ4n) is 2.11. The molecule has 9 heteroatoms. The highest BCUT2D eigenvalue weighted by atomic mass is 16.5. The quantitative estimate of drug-likeness (QED) is 0.557. The van der Waals surface area contributed by atoms with Crippen LogP contribution in [0.2, 0.25) is 0 Å². The second-order valence-electron chi connectivity index (χ2n) is 5.79. The van der Waals surface area contributed by atoms with Crippen molar-refractivity contribution in [2.45, 2.75) is 13.0 Å². The largest absolute Gasteiger partial charge is 0.480 e. The van der Waals surface area contributed by atoms with Crippen molar-refractivity contribution in [3.05, 3.63) is 53.7 Å². The van der Waals surface area contributed by atoms with Gasteiger partial charge in [0.05, 0.1) is 6.61 Å². The standard InChI is InChI=1S/C19H21N3O6/c1-12(19(25)26)21-17(23)13-3-5-15(6-4-13)22-18(24)14-7-8-20-16(11-14)28-10-9-27-2/h3-8,11-12H,9-10H2,1-2H3,(H,21,23)(H,22,24)(H,25,26). The molecule has 2 rings (SSSR count). The lowest BCUT2D eigenvalue weighted by atomic mass is 10.1. The first kappa shape index (κ1) is 20.8. The lowest BCUT2D eigenvalue weighted by Crippen LogP contribution is -2.38. The topological polar surface area (TPSA) is 127 Å². The predicted molar refractivity (Wildman–Crippen MR) is 101 cm³/mol. The summed E-state index contributed by atoms with van der Waals surface area (Å²) < 4.78 is 10.3. The van der Waals surface area contributed by atoms with Gasteiger partial charge in [-0.1, -0.05) is 0 Å². The Balaban J connectivity index is 1.98. The van der Waals surface area contributed by atoms with Gasteiger partial charge < -0.3 is 25.2 Å². The minimum absolute atomic E-state index is 0.281. The summed E-state index contributed by atoms with van der Waals surface area (Å²) in [5.74, 6) is -1.69. The van der Waals surface area contributed by atoms with Gasteiger partial charge in [-0.15, -0.1) is 0 Å². The number of carbonyl (C=O) groups excluding carboxylic acids is 2. The maximum absolute atomic E-state index is 12.4. The number of carbonyl (C=O) groups is 3. The molecule has 0 aliphatic rings. The van der Waals surface area contributed by atoms with Crippen molar-refractivity contribution < 1.29 is 29.0 Å². The molecule has 2 amide bonds. The molecule has 148 valence electrons. The van der Waals surface area contributed by atoms with Gasteiger partial charge in [0.25, 0.3) is 11.8 Å². The molecule has 1 aromatic heterocycles. The Morgan fingerprint density at radius 3 is 2.43 bits per heavy atom. The monoisotopic (exact) mass is 387 g/mol. The van der Waals surface area contributed by atoms with Gasteiger partial charge in [-0.2, -0.15) is 0 Å². The number of amides is 2. The molecular weight excluding hydrogens is 366 g/mol. The summed E-state index contributed by atoms with van der Waals surface area (Å²) in [6.07, 6.45) is 1.47. The second kappa shape index (κ2) is 10.0. The summed E-state index contributed by atoms with van der Waals surface area (Å²) in [6.45, 7) is 2.10. The van der Waals surface area contributed by atoms with Crippen LogP contribution in [-0.4, -0.2) is 54.2 Å². The van der Waals surface area contributed by atoms with Crippen molar-refractivity contribution >= 4 is 23.5 Å². The molecule has 0 aliphatic heterocycles.